The first-order valence-corrected chi connectivity index (χ1v) is 8.01. The highest BCUT2D eigenvalue weighted by molar-refractivity contribution is 5.92. The molecule has 1 fully saturated rings. The predicted molar refractivity (Wildman–Crippen MR) is 88.3 cm³/mol. The van der Waals surface area contributed by atoms with Crippen LogP contribution in [0.25, 0.3) is 6.08 Å². The summed E-state index contributed by atoms with van der Waals surface area (Å²) in [6, 6.07) is 7.06. The minimum Gasteiger partial charge on any atom is -0.461 e. The lowest BCUT2D eigenvalue weighted by molar-refractivity contribution is -0.116. The molecule has 2 heterocycles. The molecule has 0 aromatic carbocycles. The van der Waals surface area contributed by atoms with Crippen LogP contribution in [0.15, 0.2) is 45.4 Å². The van der Waals surface area contributed by atoms with Crippen LogP contribution in [-0.2, 0) is 4.79 Å². The predicted octanol–water partition coefficient (Wildman–Crippen LogP) is 2.56. The molecular formula is C18H20N2O4. The van der Waals surface area contributed by atoms with Crippen molar-refractivity contribution < 1.29 is 18.4 Å². The van der Waals surface area contributed by atoms with Crippen molar-refractivity contribution in [3.05, 3.63) is 53.9 Å². The first-order valence-electron chi connectivity index (χ1n) is 8.01. The highest BCUT2D eigenvalue weighted by Gasteiger charge is 2.36. The van der Waals surface area contributed by atoms with E-state index in [9.17, 15) is 9.59 Å². The molecule has 2 N–H and O–H groups in total. The van der Waals surface area contributed by atoms with Gasteiger partial charge in [0, 0.05) is 25.1 Å². The summed E-state index contributed by atoms with van der Waals surface area (Å²) in [5.74, 6) is 2.59. The number of carbonyl (C=O) groups is 2. The Morgan fingerprint density at radius 1 is 1.25 bits per heavy atom. The number of furan rings is 2. The van der Waals surface area contributed by atoms with E-state index >= 15 is 0 Å². The van der Waals surface area contributed by atoms with Crippen LogP contribution in [0.5, 0.6) is 0 Å². The molecule has 2 aromatic rings. The van der Waals surface area contributed by atoms with Crippen LogP contribution >= 0.6 is 0 Å². The number of hydrogen-bond donors (Lipinski definition) is 2. The van der Waals surface area contributed by atoms with Crippen molar-refractivity contribution in [1.82, 2.24) is 10.6 Å². The molecule has 0 bridgehead atoms. The van der Waals surface area contributed by atoms with E-state index < -0.39 is 0 Å². The molecule has 2 amide bonds. The zero-order valence-corrected chi connectivity index (χ0v) is 13.5. The van der Waals surface area contributed by atoms with Crippen molar-refractivity contribution in [2.24, 2.45) is 5.92 Å². The standard InChI is InChI=1S/C18H20N2O4/c1-12-11-14(12)15-6-4-13(24-15)5-7-17(21)19-8-9-20-18(22)16-3-2-10-23-16/h2-7,10,12,14H,8-9,11H2,1H3,(H,19,21)(H,20,22)/b7-5+. The van der Waals surface area contributed by atoms with Gasteiger partial charge in [0.1, 0.15) is 11.5 Å². The van der Waals surface area contributed by atoms with Gasteiger partial charge in [-0.1, -0.05) is 6.92 Å². The average molecular weight is 328 g/mol. The van der Waals surface area contributed by atoms with Crippen molar-refractivity contribution in [2.75, 3.05) is 13.1 Å². The molecule has 0 aliphatic heterocycles. The van der Waals surface area contributed by atoms with Crippen LogP contribution in [-0.4, -0.2) is 24.9 Å². The summed E-state index contributed by atoms with van der Waals surface area (Å²) in [5, 5.41) is 5.34. The summed E-state index contributed by atoms with van der Waals surface area (Å²) in [4.78, 5) is 23.3. The molecule has 6 nitrogen and oxygen atoms in total. The van der Waals surface area contributed by atoms with Gasteiger partial charge < -0.3 is 19.5 Å². The molecule has 3 rings (SSSR count). The van der Waals surface area contributed by atoms with Gasteiger partial charge >= 0.3 is 0 Å². The van der Waals surface area contributed by atoms with Gasteiger partial charge in [-0.3, -0.25) is 9.59 Å². The molecule has 2 aromatic heterocycles. The molecule has 0 spiro atoms. The quantitative estimate of drug-likeness (QED) is 0.604. The smallest absolute Gasteiger partial charge is 0.287 e. The maximum Gasteiger partial charge on any atom is 0.287 e. The maximum atomic E-state index is 11.7. The molecule has 1 saturated carbocycles. The zero-order chi connectivity index (χ0) is 16.9. The fourth-order valence-corrected chi connectivity index (χ4v) is 2.45. The van der Waals surface area contributed by atoms with E-state index in [2.05, 4.69) is 17.6 Å². The summed E-state index contributed by atoms with van der Waals surface area (Å²) in [6.07, 6.45) is 5.67. The van der Waals surface area contributed by atoms with E-state index in [0.29, 0.717) is 30.7 Å². The van der Waals surface area contributed by atoms with Crippen LogP contribution in [0.4, 0.5) is 0 Å². The second-order valence-electron chi connectivity index (χ2n) is 5.92. The van der Waals surface area contributed by atoms with E-state index in [-0.39, 0.29) is 17.6 Å². The Morgan fingerprint density at radius 3 is 2.75 bits per heavy atom. The van der Waals surface area contributed by atoms with Crippen LogP contribution < -0.4 is 10.6 Å². The molecule has 1 aliphatic rings. The minimum absolute atomic E-state index is 0.236. The molecule has 6 heteroatoms. The van der Waals surface area contributed by atoms with Crippen molar-refractivity contribution in [1.29, 1.82) is 0 Å². The molecule has 0 saturated heterocycles. The van der Waals surface area contributed by atoms with Crippen molar-refractivity contribution >= 4 is 17.9 Å². The lowest BCUT2D eigenvalue weighted by atomic mass is 10.3. The van der Waals surface area contributed by atoms with E-state index in [1.807, 2.05) is 12.1 Å². The Labute approximate surface area is 139 Å². The first kappa shape index (κ1) is 16.1. The number of hydrogen-bond acceptors (Lipinski definition) is 4. The molecule has 2 atom stereocenters. The van der Waals surface area contributed by atoms with Crippen LogP contribution in [0, 0.1) is 5.92 Å². The maximum absolute atomic E-state index is 11.7. The fourth-order valence-electron chi connectivity index (χ4n) is 2.45. The van der Waals surface area contributed by atoms with Crippen LogP contribution in [0.2, 0.25) is 0 Å². The molecule has 24 heavy (non-hydrogen) atoms. The number of amides is 2. The lowest BCUT2D eigenvalue weighted by Crippen LogP contribution is -2.33. The van der Waals surface area contributed by atoms with Gasteiger partial charge in [0.25, 0.3) is 5.91 Å². The third kappa shape index (κ3) is 4.16. The van der Waals surface area contributed by atoms with Gasteiger partial charge in [0.15, 0.2) is 5.76 Å². The molecule has 126 valence electrons. The van der Waals surface area contributed by atoms with E-state index in [1.165, 1.54) is 18.8 Å². The van der Waals surface area contributed by atoms with Crippen molar-refractivity contribution in [3.63, 3.8) is 0 Å². The van der Waals surface area contributed by atoms with Gasteiger partial charge in [-0.05, 0) is 42.7 Å². The Bertz CT molecular complexity index is 730. The highest BCUT2D eigenvalue weighted by Crippen LogP contribution is 2.47. The van der Waals surface area contributed by atoms with E-state index in [1.54, 1.807) is 18.2 Å². The number of rotatable bonds is 7. The highest BCUT2D eigenvalue weighted by atomic mass is 16.3. The van der Waals surface area contributed by atoms with Crippen molar-refractivity contribution in [3.8, 4) is 0 Å². The fraction of sp³-hybridized carbons (Fsp3) is 0.333. The van der Waals surface area contributed by atoms with Gasteiger partial charge in [-0.25, -0.2) is 0 Å². The summed E-state index contributed by atoms with van der Waals surface area (Å²) in [7, 11) is 0. The topological polar surface area (TPSA) is 84.5 Å². The second kappa shape index (κ2) is 7.21. The third-order valence-corrected chi connectivity index (χ3v) is 3.98. The van der Waals surface area contributed by atoms with Gasteiger partial charge in [0.05, 0.1) is 6.26 Å². The van der Waals surface area contributed by atoms with Gasteiger partial charge in [-0.2, -0.15) is 0 Å². The van der Waals surface area contributed by atoms with Crippen LogP contribution in [0.1, 0.15) is 41.3 Å². The van der Waals surface area contributed by atoms with Crippen molar-refractivity contribution in [2.45, 2.75) is 19.3 Å². The first-order chi connectivity index (χ1) is 11.6. The van der Waals surface area contributed by atoms with E-state index in [0.717, 1.165) is 5.76 Å². The summed E-state index contributed by atoms with van der Waals surface area (Å²) in [6.45, 7) is 2.85. The van der Waals surface area contributed by atoms with Crippen LogP contribution in [0.3, 0.4) is 0 Å². The van der Waals surface area contributed by atoms with Gasteiger partial charge in [0.2, 0.25) is 5.91 Å². The monoisotopic (exact) mass is 328 g/mol. The number of nitrogens with one attached hydrogen (secondary N) is 2. The van der Waals surface area contributed by atoms with E-state index in [4.69, 9.17) is 8.83 Å². The Hall–Kier alpha value is -2.76. The Balaban J connectivity index is 1.36. The molecule has 1 aliphatic carbocycles. The minimum atomic E-state index is -0.304. The normalized spacial score (nSPS) is 19.4. The zero-order valence-electron chi connectivity index (χ0n) is 13.5. The molecular weight excluding hydrogens is 308 g/mol. The largest absolute Gasteiger partial charge is 0.461 e. The summed E-state index contributed by atoms with van der Waals surface area (Å²) < 4.78 is 10.7. The Kier molecular flexibility index (Phi) is 4.84. The molecule has 0 radical (unpaired) electrons. The summed E-state index contributed by atoms with van der Waals surface area (Å²) in [5.41, 5.74) is 0. The molecule has 2 unspecified atom stereocenters. The average Bonchev–Trinajstić information content (AvgIpc) is 3.03. The summed E-state index contributed by atoms with van der Waals surface area (Å²) >= 11 is 0. The second-order valence-corrected chi connectivity index (χ2v) is 5.92. The lowest BCUT2D eigenvalue weighted by Gasteiger charge is -2.03. The van der Waals surface area contributed by atoms with Gasteiger partial charge in [-0.15, -0.1) is 0 Å². The Morgan fingerprint density at radius 2 is 2.04 bits per heavy atom. The number of carbonyl (C=O) groups excluding carboxylic acids is 2. The third-order valence-electron chi connectivity index (χ3n) is 3.98. The SMILES string of the molecule is CC1CC1c1ccc(/C=C/C(=O)NCCNC(=O)c2ccco2)o1.